The third-order valence-electron chi connectivity index (χ3n) is 2.96. The van der Waals surface area contributed by atoms with E-state index in [0.29, 0.717) is 6.54 Å². The fraction of sp³-hybridized carbons (Fsp3) is 0.846. The molecule has 0 aromatic rings. The van der Waals surface area contributed by atoms with Gasteiger partial charge >= 0.3 is 0 Å². The molecule has 0 aromatic carbocycles. The number of hydrogen-bond acceptors (Lipinski definition) is 4. The van der Waals surface area contributed by atoms with Crippen molar-refractivity contribution in [2.45, 2.75) is 26.3 Å². The molecule has 0 bridgehead atoms. The lowest BCUT2D eigenvalue weighted by Gasteiger charge is -2.20. The zero-order valence-electron chi connectivity index (χ0n) is 12.8. The summed E-state index contributed by atoms with van der Waals surface area (Å²) in [6.07, 6.45) is 0.911. The van der Waals surface area contributed by atoms with Gasteiger partial charge in [0.15, 0.2) is 0 Å². The standard InChI is InChI=1S/C13H28N4O2/c1-10(2)12(14)13(19)15-9-11(18)17(5)8-6-7-16(3)4/h10,12H,6-9,14H2,1-5H3,(H,15,19)/t12-/m0/s1. The van der Waals surface area contributed by atoms with Crippen molar-refractivity contribution in [2.24, 2.45) is 11.7 Å². The number of rotatable bonds is 8. The molecule has 0 aliphatic carbocycles. The maximum absolute atomic E-state index is 11.8. The van der Waals surface area contributed by atoms with E-state index in [-0.39, 0.29) is 24.3 Å². The van der Waals surface area contributed by atoms with E-state index >= 15 is 0 Å². The molecule has 19 heavy (non-hydrogen) atoms. The first kappa shape index (κ1) is 17.9. The molecule has 1 atom stereocenters. The molecule has 0 aromatic heterocycles. The van der Waals surface area contributed by atoms with Gasteiger partial charge in [-0.3, -0.25) is 9.59 Å². The van der Waals surface area contributed by atoms with Crippen LogP contribution in [0, 0.1) is 5.92 Å². The number of nitrogens with one attached hydrogen (secondary N) is 1. The molecule has 0 heterocycles. The van der Waals surface area contributed by atoms with Crippen molar-refractivity contribution in [3.05, 3.63) is 0 Å². The predicted octanol–water partition coefficient (Wildman–Crippen LogP) is -0.504. The Morgan fingerprint density at radius 2 is 1.74 bits per heavy atom. The lowest BCUT2D eigenvalue weighted by Crippen LogP contribution is -2.47. The molecule has 0 rings (SSSR count). The van der Waals surface area contributed by atoms with Crippen LogP contribution in [0.25, 0.3) is 0 Å². The molecule has 0 fully saturated rings. The Morgan fingerprint density at radius 1 is 1.16 bits per heavy atom. The van der Waals surface area contributed by atoms with Crippen molar-refractivity contribution in [3.63, 3.8) is 0 Å². The highest BCUT2D eigenvalue weighted by Gasteiger charge is 2.18. The van der Waals surface area contributed by atoms with Gasteiger partial charge in [0.2, 0.25) is 11.8 Å². The zero-order chi connectivity index (χ0) is 15.0. The monoisotopic (exact) mass is 272 g/mol. The van der Waals surface area contributed by atoms with E-state index in [4.69, 9.17) is 5.73 Å². The Labute approximate surface area is 116 Å². The summed E-state index contributed by atoms with van der Waals surface area (Å²) in [5.74, 6) is -0.305. The molecule has 0 saturated heterocycles. The van der Waals surface area contributed by atoms with Crippen LogP contribution >= 0.6 is 0 Å². The molecule has 0 aliphatic rings. The molecule has 6 heteroatoms. The summed E-state index contributed by atoms with van der Waals surface area (Å²) >= 11 is 0. The fourth-order valence-electron chi connectivity index (χ4n) is 1.47. The van der Waals surface area contributed by atoms with E-state index in [1.54, 1.807) is 11.9 Å². The third-order valence-corrected chi connectivity index (χ3v) is 2.96. The van der Waals surface area contributed by atoms with Gasteiger partial charge in [0.25, 0.3) is 0 Å². The first-order chi connectivity index (χ1) is 8.75. The molecule has 0 unspecified atom stereocenters. The minimum atomic E-state index is -0.563. The van der Waals surface area contributed by atoms with E-state index in [0.717, 1.165) is 13.0 Å². The zero-order valence-corrected chi connectivity index (χ0v) is 12.8. The van der Waals surface area contributed by atoms with Crippen LogP contribution in [0.15, 0.2) is 0 Å². The van der Waals surface area contributed by atoms with Crippen molar-refractivity contribution in [1.82, 2.24) is 15.1 Å². The van der Waals surface area contributed by atoms with Gasteiger partial charge in [-0.1, -0.05) is 13.8 Å². The number of amides is 2. The van der Waals surface area contributed by atoms with Crippen molar-refractivity contribution in [3.8, 4) is 0 Å². The normalized spacial score (nSPS) is 12.6. The van der Waals surface area contributed by atoms with Gasteiger partial charge in [-0.15, -0.1) is 0 Å². The number of likely N-dealkylation sites (N-methyl/N-ethyl adjacent to an activating group) is 1. The smallest absolute Gasteiger partial charge is 0.241 e. The SMILES string of the molecule is CC(C)[C@H](N)C(=O)NCC(=O)N(C)CCCN(C)C. The van der Waals surface area contributed by atoms with Crippen LogP contribution in [0.1, 0.15) is 20.3 Å². The number of carbonyl (C=O) groups excluding carboxylic acids is 2. The average Bonchev–Trinajstić information content (AvgIpc) is 2.33. The van der Waals surface area contributed by atoms with Gasteiger partial charge < -0.3 is 20.9 Å². The van der Waals surface area contributed by atoms with Gasteiger partial charge in [0, 0.05) is 13.6 Å². The van der Waals surface area contributed by atoms with E-state index in [2.05, 4.69) is 10.2 Å². The number of carbonyl (C=O) groups is 2. The molecule has 112 valence electrons. The summed E-state index contributed by atoms with van der Waals surface area (Å²) in [5, 5.41) is 2.58. The van der Waals surface area contributed by atoms with Gasteiger partial charge in [0.1, 0.15) is 0 Å². The van der Waals surface area contributed by atoms with Gasteiger partial charge in [-0.05, 0) is 33.0 Å². The first-order valence-electron chi connectivity index (χ1n) is 6.67. The first-order valence-corrected chi connectivity index (χ1v) is 6.67. The maximum atomic E-state index is 11.8. The second-order valence-corrected chi connectivity index (χ2v) is 5.46. The molecule has 0 saturated carbocycles. The van der Waals surface area contributed by atoms with Crippen LogP contribution < -0.4 is 11.1 Å². The highest BCUT2D eigenvalue weighted by atomic mass is 16.2. The molecular weight excluding hydrogens is 244 g/mol. The molecule has 0 radical (unpaired) electrons. The van der Waals surface area contributed by atoms with Crippen molar-refractivity contribution < 1.29 is 9.59 Å². The number of nitrogens with two attached hydrogens (primary N) is 1. The van der Waals surface area contributed by atoms with E-state index < -0.39 is 6.04 Å². The van der Waals surface area contributed by atoms with E-state index in [9.17, 15) is 9.59 Å². The lowest BCUT2D eigenvalue weighted by molar-refractivity contribution is -0.132. The van der Waals surface area contributed by atoms with Gasteiger partial charge in [-0.25, -0.2) is 0 Å². The second kappa shape index (κ2) is 8.87. The molecule has 6 nitrogen and oxygen atoms in total. The van der Waals surface area contributed by atoms with Crippen LogP contribution in [0.4, 0.5) is 0 Å². The Hall–Kier alpha value is -1.14. The quantitative estimate of drug-likeness (QED) is 0.624. The van der Waals surface area contributed by atoms with Crippen molar-refractivity contribution in [2.75, 3.05) is 40.8 Å². The Bertz CT molecular complexity index is 292. The number of hydrogen-bond donors (Lipinski definition) is 2. The molecule has 3 N–H and O–H groups in total. The van der Waals surface area contributed by atoms with E-state index in [1.807, 2.05) is 27.9 Å². The van der Waals surface area contributed by atoms with Crippen molar-refractivity contribution >= 4 is 11.8 Å². The van der Waals surface area contributed by atoms with Crippen LogP contribution in [-0.2, 0) is 9.59 Å². The summed E-state index contributed by atoms with van der Waals surface area (Å²) in [5.41, 5.74) is 5.69. The highest BCUT2D eigenvalue weighted by molar-refractivity contribution is 5.87. The lowest BCUT2D eigenvalue weighted by atomic mass is 10.1. The van der Waals surface area contributed by atoms with Gasteiger partial charge in [-0.2, -0.15) is 0 Å². The maximum Gasteiger partial charge on any atom is 0.241 e. The summed E-state index contributed by atoms with van der Waals surface area (Å²) < 4.78 is 0. The number of nitrogens with zero attached hydrogens (tertiary/aromatic N) is 2. The summed E-state index contributed by atoms with van der Waals surface area (Å²) in [4.78, 5) is 27.1. The summed E-state index contributed by atoms with van der Waals surface area (Å²) in [6.45, 7) is 5.38. The predicted molar refractivity (Wildman–Crippen MR) is 76.6 cm³/mol. The summed E-state index contributed by atoms with van der Waals surface area (Å²) in [6, 6.07) is -0.563. The molecular formula is C13H28N4O2. The van der Waals surface area contributed by atoms with Crippen molar-refractivity contribution in [1.29, 1.82) is 0 Å². The minimum Gasteiger partial charge on any atom is -0.346 e. The molecule has 2 amide bonds. The fourth-order valence-corrected chi connectivity index (χ4v) is 1.47. The highest BCUT2D eigenvalue weighted by Crippen LogP contribution is 1.97. The largest absolute Gasteiger partial charge is 0.346 e. The van der Waals surface area contributed by atoms with Gasteiger partial charge in [0.05, 0.1) is 12.6 Å². The second-order valence-electron chi connectivity index (χ2n) is 5.46. The molecule has 0 spiro atoms. The molecule has 0 aliphatic heterocycles. The van der Waals surface area contributed by atoms with Crippen LogP contribution in [0.2, 0.25) is 0 Å². The van der Waals surface area contributed by atoms with E-state index in [1.165, 1.54) is 0 Å². The Balaban J connectivity index is 3.93. The topological polar surface area (TPSA) is 78.7 Å². The Morgan fingerprint density at radius 3 is 2.21 bits per heavy atom. The summed E-state index contributed by atoms with van der Waals surface area (Å²) in [7, 11) is 5.73. The average molecular weight is 272 g/mol. The van der Waals surface area contributed by atoms with Crippen LogP contribution in [-0.4, -0.2) is 68.4 Å². The minimum absolute atomic E-state index is 0.0116. The van der Waals surface area contributed by atoms with Crippen LogP contribution in [0.5, 0.6) is 0 Å². The van der Waals surface area contributed by atoms with Crippen LogP contribution in [0.3, 0.4) is 0 Å². The Kier molecular flexibility index (Phi) is 8.34. The third kappa shape index (κ3) is 7.79.